The first-order valence-electron chi connectivity index (χ1n) is 4.43. The minimum absolute atomic E-state index is 0.147. The lowest BCUT2D eigenvalue weighted by Crippen LogP contribution is -1.89. The van der Waals surface area contributed by atoms with Crippen LogP contribution in [0.15, 0.2) is 12.1 Å². The van der Waals surface area contributed by atoms with Crippen LogP contribution in [0.1, 0.15) is 25.6 Å². The number of benzene rings is 1. The number of nitrogens with one attached hydrogen (secondary N) is 1. The van der Waals surface area contributed by atoms with E-state index in [0.29, 0.717) is 11.3 Å². The molecular formula is C10H10F2N2. The molecule has 0 radical (unpaired) electrons. The van der Waals surface area contributed by atoms with Gasteiger partial charge in [0.15, 0.2) is 11.6 Å². The van der Waals surface area contributed by atoms with E-state index in [1.54, 1.807) is 0 Å². The monoisotopic (exact) mass is 196 g/mol. The van der Waals surface area contributed by atoms with Gasteiger partial charge in [-0.1, -0.05) is 13.8 Å². The number of aromatic nitrogens is 2. The van der Waals surface area contributed by atoms with E-state index in [1.807, 2.05) is 13.8 Å². The van der Waals surface area contributed by atoms with E-state index in [0.717, 1.165) is 6.07 Å². The van der Waals surface area contributed by atoms with Gasteiger partial charge in [-0.05, 0) is 12.1 Å². The maximum atomic E-state index is 13.2. The Kier molecular flexibility index (Phi) is 1.98. The second kappa shape index (κ2) is 3.04. The maximum absolute atomic E-state index is 13.2. The van der Waals surface area contributed by atoms with Crippen molar-refractivity contribution in [3.63, 3.8) is 0 Å². The van der Waals surface area contributed by atoms with E-state index in [4.69, 9.17) is 0 Å². The average molecular weight is 196 g/mol. The summed E-state index contributed by atoms with van der Waals surface area (Å²) in [5.74, 6) is -0.868. The maximum Gasteiger partial charge on any atom is 0.184 e. The van der Waals surface area contributed by atoms with Crippen LogP contribution < -0.4 is 0 Å². The van der Waals surface area contributed by atoms with Gasteiger partial charge in [0.25, 0.3) is 0 Å². The van der Waals surface area contributed by atoms with Crippen molar-refractivity contribution in [1.29, 1.82) is 0 Å². The van der Waals surface area contributed by atoms with Gasteiger partial charge in [-0.15, -0.1) is 0 Å². The Labute approximate surface area is 80.0 Å². The van der Waals surface area contributed by atoms with Crippen molar-refractivity contribution in [1.82, 2.24) is 9.97 Å². The summed E-state index contributed by atoms with van der Waals surface area (Å²) in [6.45, 7) is 3.87. The first kappa shape index (κ1) is 9.12. The Balaban J connectivity index is 2.71. The third-order valence-corrected chi connectivity index (χ3v) is 2.11. The number of imidazole rings is 1. The lowest BCUT2D eigenvalue weighted by molar-refractivity contribution is 0.515. The molecule has 0 saturated carbocycles. The van der Waals surface area contributed by atoms with Gasteiger partial charge in [0.05, 0.1) is 5.52 Å². The SMILES string of the molecule is CC(C)c1nc2ccc(F)c(F)c2[nH]1. The largest absolute Gasteiger partial charge is 0.339 e. The lowest BCUT2D eigenvalue weighted by atomic mass is 10.2. The highest BCUT2D eigenvalue weighted by Crippen LogP contribution is 2.21. The van der Waals surface area contributed by atoms with Crippen LogP contribution in [0.25, 0.3) is 11.0 Å². The molecule has 1 aromatic carbocycles. The van der Waals surface area contributed by atoms with Gasteiger partial charge in [0.2, 0.25) is 0 Å². The van der Waals surface area contributed by atoms with Gasteiger partial charge in [0.1, 0.15) is 11.3 Å². The van der Waals surface area contributed by atoms with E-state index in [2.05, 4.69) is 9.97 Å². The van der Waals surface area contributed by atoms with Crippen molar-refractivity contribution in [3.05, 3.63) is 29.6 Å². The second-order valence-electron chi connectivity index (χ2n) is 3.53. The second-order valence-corrected chi connectivity index (χ2v) is 3.53. The molecular weight excluding hydrogens is 186 g/mol. The van der Waals surface area contributed by atoms with E-state index in [9.17, 15) is 8.78 Å². The molecule has 0 aliphatic carbocycles. The number of halogens is 2. The molecule has 0 aliphatic rings. The summed E-state index contributed by atoms with van der Waals surface area (Å²) in [4.78, 5) is 6.93. The van der Waals surface area contributed by atoms with Crippen LogP contribution in [0.2, 0.25) is 0 Å². The predicted molar refractivity (Wildman–Crippen MR) is 50.1 cm³/mol. The fourth-order valence-electron chi connectivity index (χ4n) is 1.31. The standard InChI is InChI=1S/C10H10F2N2/c1-5(2)10-13-7-4-3-6(11)8(12)9(7)14-10/h3-5H,1-2H3,(H,13,14). The summed E-state index contributed by atoms with van der Waals surface area (Å²) in [5, 5.41) is 0. The summed E-state index contributed by atoms with van der Waals surface area (Å²) in [6, 6.07) is 2.55. The zero-order valence-electron chi connectivity index (χ0n) is 7.94. The molecule has 74 valence electrons. The molecule has 0 bridgehead atoms. The number of hydrogen-bond donors (Lipinski definition) is 1. The topological polar surface area (TPSA) is 28.7 Å². The third-order valence-electron chi connectivity index (χ3n) is 2.11. The van der Waals surface area contributed by atoms with E-state index in [-0.39, 0.29) is 11.4 Å². The molecule has 0 atom stereocenters. The van der Waals surface area contributed by atoms with E-state index < -0.39 is 11.6 Å². The molecule has 0 aliphatic heterocycles. The molecule has 0 saturated heterocycles. The fourth-order valence-corrected chi connectivity index (χ4v) is 1.31. The van der Waals surface area contributed by atoms with Gasteiger partial charge in [-0.25, -0.2) is 13.8 Å². The lowest BCUT2D eigenvalue weighted by Gasteiger charge is -1.96. The molecule has 2 rings (SSSR count). The molecule has 1 N–H and O–H groups in total. The Morgan fingerprint density at radius 3 is 2.64 bits per heavy atom. The quantitative estimate of drug-likeness (QED) is 0.746. The first-order chi connectivity index (χ1) is 6.59. The molecule has 2 aromatic rings. The van der Waals surface area contributed by atoms with Gasteiger partial charge in [-0.2, -0.15) is 0 Å². The van der Waals surface area contributed by atoms with Crippen LogP contribution in [-0.2, 0) is 0 Å². The number of hydrogen-bond acceptors (Lipinski definition) is 1. The van der Waals surface area contributed by atoms with Crippen molar-refractivity contribution >= 4 is 11.0 Å². The van der Waals surface area contributed by atoms with Crippen LogP contribution in [0, 0.1) is 11.6 Å². The van der Waals surface area contributed by atoms with Gasteiger partial charge < -0.3 is 4.98 Å². The van der Waals surface area contributed by atoms with Crippen LogP contribution in [0.5, 0.6) is 0 Å². The molecule has 0 fully saturated rings. The fraction of sp³-hybridized carbons (Fsp3) is 0.300. The number of aromatic amines is 1. The Morgan fingerprint density at radius 1 is 1.29 bits per heavy atom. The van der Waals surface area contributed by atoms with Gasteiger partial charge in [0, 0.05) is 5.92 Å². The van der Waals surface area contributed by atoms with Crippen LogP contribution in [0.3, 0.4) is 0 Å². The summed E-state index contributed by atoms with van der Waals surface area (Å²) < 4.78 is 26.1. The van der Waals surface area contributed by atoms with Crippen molar-refractivity contribution in [3.8, 4) is 0 Å². The molecule has 0 amide bonds. The van der Waals surface area contributed by atoms with Crippen molar-refractivity contribution < 1.29 is 8.78 Å². The molecule has 1 heterocycles. The normalized spacial score (nSPS) is 11.5. The van der Waals surface area contributed by atoms with Gasteiger partial charge in [-0.3, -0.25) is 0 Å². The van der Waals surface area contributed by atoms with Gasteiger partial charge >= 0.3 is 0 Å². The van der Waals surface area contributed by atoms with Crippen molar-refractivity contribution in [2.24, 2.45) is 0 Å². The van der Waals surface area contributed by atoms with E-state index in [1.165, 1.54) is 6.07 Å². The van der Waals surface area contributed by atoms with Crippen LogP contribution >= 0.6 is 0 Å². The molecule has 1 aromatic heterocycles. The minimum atomic E-state index is -0.859. The van der Waals surface area contributed by atoms with Crippen LogP contribution in [0.4, 0.5) is 8.78 Å². The minimum Gasteiger partial charge on any atom is -0.339 e. The number of fused-ring (bicyclic) bond motifs is 1. The highest BCUT2D eigenvalue weighted by molar-refractivity contribution is 5.75. The molecule has 0 spiro atoms. The number of H-pyrrole nitrogens is 1. The summed E-state index contributed by atoms with van der Waals surface area (Å²) in [5.41, 5.74) is 0.612. The van der Waals surface area contributed by atoms with Crippen LogP contribution in [-0.4, -0.2) is 9.97 Å². The highest BCUT2D eigenvalue weighted by Gasteiger charge is 2.12. The molecule has 0 unspecified atom stereocenters. The third kappa shape index (κ3) is 1.27. The Bertz CT molecular complexity index is 474. The smallest absolute Gasteiger partial charge is 0.184 e. The first-order valence-corrected chi connectivity index (χ1v) is 4.43. The molecule has 4 heteroatoms. The predicted octanol–water partition coefficient (Wildman–Crippen LogP) is 2.96. The average Bonchev–Trinajstić information content (AvgIpc) is 2.56. The zero-order chi connectivity index (χ0) is 10.3. The highest BCUT2D eigenvalue weighted by atomic mass is 19.2. The number of rotatable bonds is 1. The molecule has 2 nitrogen and oxygen atoms in total. The molecule has 14 heavy (non-hydrogen) atoms. The van der Waals surface area contributed by atoms with Crippen molar-refractivity contribution in [2.75, 3.05) is 0 Å². The zero-order valence-corrected chi connectivity index (χ0v) is 7.94. The Hall–Kier alpha value is -1.45. The summed E-state index contributed by atoms with van der Waals surface area (Å²) in [6.07, 6.45) is 0. The summed E-state index contributed by atoms with van der Waals surface area (Å²) in [7, 11) is 0. The van der Waals surface area contributed by atoms with Crippen molar-refractivity contribution in [2.45, 2.75) is 19.8 Å². The Morgan fingerprint density at radius 2 is 2.00 bits per heavy atom. The summed E-state index contributed by atoms with van der Waals surface area (Å²) >= 11 is 0. The number of nitrogens with zero attached hydrogens (tertiary/aromatic N) is 1. The van der Waals surface area contributed by atoms with E-state index >= 15 is 0 Å².